The van der Waals surface area contributed by atoms with Crippen LogP contribution in [0.5, 0.6) is 5.75 Å². The minimum absolute atomic E-state index is 0.0212. The number of aromatic hydroxyl groups is 1. The second-order valence-electron chi connectivity index (χ2n) is 2.41. The maximum Gasteiger partial charge on any atom is 0.377 e. The van der Waals surface area contributed by atoms with E-state index in [4.69, 9.17) is 15.9 Å². The minimum Gasteiger partial charge on any atom is -0.506 e. The molecule has 1 rings (SSSR count). The molecular formula is C8H7NO4. The number of rotatable bonds is 2. The lowest BCUT2D eigenvalue weighted by atomic mass is 10.1. The molecule has 1 aromatic rings. The largest absolute Gasteiger partial charge is 0.506 e. The van der Waals surface area contributed by atoms with Gasteiger partial charge in [0.25, 0.3) is 5.78 Å². The van der Waals surface area contributed by atoms with Crippen LogP contribution in [0.15, 0.2) is 18.2 Å². The average molecular weight is 181 g/mol. The number of aliphatic carboxylic acids is 1. The zero-order valence-electron chi connectivity index (χ0n) is 6.52. The van der Waals surface area contributed by atoms with Crippen molar-refractivity contribution in [3.05, 3.63) is 23.8 Å². The van der Waals surface area contributed by atoms with Crippen molar-refractivity contribution in [2.24, 2.45) is 0 Å². The summed E-state index contributed by atoms with van der Waals surface area (Å²) < 4.78 is 0. The van der Waals surface area contributed by atoms with Crippen molar-refractivity contribution >= 4 is 17.4 Å². The molecule has 0 radical (unpaired) electrons. The first-order valence-electron chi connectivity index (χ1n) is 3.38. The molecule has 0 spiro atoms. The predicted molar refractivity (Wildman–Crippen MR) is 44.5 cm³/mol. The summed E-state index contributed by atoms with van der Waals surface area (Å²) >= 11 is 0. The molecule has 0 aromatic heterocycles. The Morgan fingerprint density at radius 1 is 1.31 bits per heavy atom. The first-order valence-corrected chi connectivity index (χ1v) is 3.38. The van der Waals surface area contributed by atoms with Gasteiger partial charge in [0, 0.05) is 5.56 Å². The van der Waals surface area contributed by atoms with Crippen LogP contribution in [0.2, 0.25) is 0 Å². The zero-order valence-corrected chi connectivity index (χ0v) is 6.52. The van der Waals surface area contributed by atoms with Crippen LogP contribution in [0.3, 0.4) is 0 Å². The van der Waals surface area contributed by atoms with E-state index in [1.54, 1.807) is 0 Å². The van der Waals surface area contributed by atoms with Crippen molar-refractivity contribution in [3.8, 4) is 5.75 Å². The van der Waals surface area contributed by atoms with Crippen LogP contribution in [0.4, 0.5) is 5.69 Å². The topological polar surface area (TPSA) is 101 Å². The maximum atomic E-state index is 10.9. The van der Waals surface area contributed by atoms with Crippen molar-refractivity contribution < 1.29 is 19.8 Å². The number of phenols is 1. The molecule has 0 unspecified atom stereocenters. The van der Waals surface area contributed by atoms with Crippen LogP contribution < -0.4 is 5.73 Å². The van der Waals surface area contributed by atoms with Crippen molar-refractivity contribution in [1.82, 2.24) is 0 Å². The van der Waals surface area contributed by atoms with Gasteiger partial charge in [-0.05, 0) is 18.2 Å². The summed E-state index contributed by atoms with van der Waals surface area (Å²) in [6.07, 6.45) is 0. The fraction of sp³-hybridized carbons (Fsp3) is 0. The van der Waals surface area contributed by atoms with Crippen LogP contribution in [-0.4, -0.2) is 22.0 Å². The molecule has 68 valence electrons. The smallest absolute Gasteiger partial charge is 0.377 e. The Labute approximate surface area is 73.4 Å². The predicted octanol–water partition coefficient (Wildman–Crippen LogP) is 0.242. The Morgan fingerprint density at radius 2 is 1.92 bits per heavy atom. The minimum atomic E-state index is -1.55. The van der Waals surface area contributed by atoms with Gasteiger partial charge < -0.3 is 15.9 Å². The van der Waals surface area contributed by atoms with E-state index >= 15 is 0 Å². The Kier molecular flexibility index (Phi) is 2.19. The molecule has 0 fully saturated rings. The van der Waals surface area contributed by atoms with Crippen molar-refractivity contribution in [2.75, 3.05) is 5.73 Å². The molecule has 0 aliphatic rings. The number of nitrogen functional groups attached to an aromatic ring is 1. The highest BCUT2D eigenvalue weighted by atomic mass is 16.4. The van der Waals surface area contributed by atoms with E-state index < -0.39 is 11.8 Å². The number of carbonyl (C=O) groups is 2. The van der Waals surface area contributed by atoms with Gasteiger partial charge in [0.2, 0.25) is 0 Å². The number of Topliss-reactive ketones (excluding diaryl/α,β-unsaturated/α-hetero) is 1. The van der Waals surface area contributed by atoms with Crippen LogP contribution >= 0.6 is 0 Å². The summed E-state index contributed by atoms with van der Waals surface area (Å²) in [5.74, 6) is -2.78. The van der Waals surface area contributed by atoms with Crippen LogP contribution in [-0.2, 0) is 4.79 Å². The van der Waals surface area contributed by atoms with E-state index in [0.717, 1.165) is 6.07 Å². The highest BCUT2D eigenvalue weighted by Crippen LogP contribution is 2.20. The fourth-order valence-electron chi connectivity index (χ4n) is 0.819. The third kappa shape index (κ3) is 1.76. The first-order chi connectivity index (χ1) is 6.02. The summed E-state index contributed by atoms with van der Waals surface area (Å²) in [7, 11) is 0. The molecule has 5 nitrogen and oxygen atoms in total. The molecule has 0 saturated carbocycles. The number of carbonyl (C=O) groups excluding carboxylic acids is 1. The Bertz CT molecular complexity index is 372. The number of anilines is 1. The van der Waals surface area contributed by atoms with Crippen molar-refractivity contribution in [1.29, 1.82) is 0 Å². The van der Waals surface area contributed by atoms with E-state index in [9.17, 15) is 9.59 Å². The molecule has 0 atom stereocenters. The number of benzene rings is 1. The summed E-state index contributed by atoms with van der Waals surface area (Å²) in [5, 5.41) is 17.3. The Balaban J connectivity index is 3.11. The van der Waals surface area contributed by atoms with E-state index in [-0.39, 0.29) is 17.0 Å². The van der Waals surface area contributed by atoms with Gasteiger partial charge in [0.05, 0.1) is 5.69 Å². The molecule has 1 aromatic carbocycles. The lowest BCUT2D eigenvalue weighted by molar-refractivity contribution is -0.131. The second-order valence-corrected chi connectivity index (χ2v) is 2.41. The van der Waals surface area contributed by atoms with Crippen LogP contribution in [0.25, 0.3) is 0 Å². The standard InChI is InChI=1S/C8H7NO4/c9-5-3-4(1-2-6(5)10)7(11)8(12)13/h1-3,10H,9H2,(H,12,13). The van der Waals surface area contributed by atoms with Gasteiger partial charge in [0.1, 0.15) is 5.75 Å². The second kappa shape index (κ2) is 3.14. The number of nitrogens with two attached hydrogens (primary N) is 1. The van der Waals surface area contributed by atoms with E-state index in [2.05, 4.69) is 0 Å². The molecule has 0 aliphatic carbocycles. The lowest BCUT2D eigenvalue weighted by Crippen LogP contribution is -2.12. The third-order valence-electron chi connectivity index (χ3n) is 1.48. The molecule has 0 amide bonds. The monoisotopic (exact) mass is 181 g/mol. The van der Waals surface area contributed by atoms with Gasteiger partial charge in [0.15, 0.2) is 0 Å². The molecule has 5 heteroatoms. The molecule has 0 heterocycles. The van der Waals surface area contributed by atoms with E-state index in [0.29, 0.717) is 0 Å². The van der Waals surface area contributed by atoms with Gasteiger partial charge in [-0.15, -0.1) is 0 Å². The highest BCUT2D eigenvalue weighted by molar-refractivity contribution is 6.40. The molecule has 13 heavy (non-hydrogen) atoms. The number of hydrogen-bond acceptors (Lipinski definition) is 4. The maximum absolute atomic E-state index is 10.9. The molecule has 0 aliphatic heterocycles. The number of phenolic OH excluding ortho intramolecular Hbond substituents is 1. The number of carboxylic acid groups (broad SMARTS) is 1. The zero-order chi connectivity index (χ0) is 10.0. The van der Waals surface area contributed by atoms with Crippen molar-refractivity contribution in [3.63, 3.8) is 0 Å². The molecule has 0 saturated heterocycles. The highest BCUT2D eigenvalue weighted by Gasteiger charge is 2.14. The summed E-state index contributed by atoms with van der Waals surface area (Å²) in [6, 6.07) is 3.49. The third-order valence-corrected chi connectivity index (χ3v) is 1.48. The quantitative estimate of drug-likeness (QED) is 0.262. The van der Waals surface area contributed by atoms with E-state index in [1.807, 2.05) is 0 Å². The van der Waals surface area contributed by atoms with Gasteiger partial charge in [-0.3, -0.25) is 4.79 Å². The fourth-order valence-corrected chi connectivity index (χ4v) is 0.819. The summed E-state index contributed by atoms with van der Waals surface area (Å²) in [6.45, 7) is 0. The SMILES string of the molecule is Nc1cc(C(=O)C(=O)O)ccc1O. The first kappa shape index (κ1) is 9.05. The Morgan fingerprint density at radius 3 is 2.38 bits per heavy atom. The van der Waals surface area contributed by atoms with Gasteiger partial charge in [-0.25, -0.2) is 4.79 Å². The van der Waals surface area contributed by atoms with Crippen molar-refractivity contribution in [2.45, 2.75) is 0 Å². The number of hydrogen-bond donors (Lipinski definition) is 3. The summed E-state index contributed by atoms with van der Waals surface area (Å²) in [5.41, 5.74) is 5.19. The van der Waals surface area contributed by atoms with E-state index in [1.165, 1.54) is 12.1 Å². The molecule has 0 bridgehead atoms. The average Bonchev–Trinajstić information content (AvgIpc) is 2.08. The number of carboxylic acids is 1. The Hall–Kier alpha value is -2.04. The molecule has 4 N–H and O–H groups in total. The number of ketones is 1. The molecular weight excluding hydrogens is 174 g/mol. The van der Waals surface area contributed by atoms with Crippen LogP contribution in [0, 0.1) is 0 Å². The van der Waals surface area contributed by atoms with Gasteiger partial charge in [-0.1, -0.05) is 0 Å². The van der Waals surface area contributed by atoms with Crippen LogP contribution in [0.1, 0.15) is 10.4 Å². The normalized spacial score (nSPS) is 9.54. The summed E-state index contributed by atoms with van der Waals surface area (Å²) in [4.78, 5) is 21.1. The lowest BCUT2D eigenvalue weighted by Gasteiger charge is -1.99. The van der Waals surface area contributed by atoms with Gasteiger partial charge >= 0.3 is 5.97 Å². The van der Waals surface area contributed by atoms with Gasteiger partial charge in [-0.2, -0.15) is 0 Å².